The number of rotatable bonds is 4. The van der Waals surface area contributed by atoms with Crippen LogP contribution < -0.4 is 5.73 Å². The van der Waals surface area contributed by atoms with Crippen LogP contribution in [0.3, 0.4) is 0 Å². The number of benzene rings is 3. The maximum atomic E-state index is 11.9. The van der Waals surface area contributed by atoms with E-state index in [0.717, 1.165) is 32.9 Å². The zero-order valence-corrected chi connectivity index (χ0v) is 14.6. The summed E-state index contributed by atoms with van der Waals surface area (Å²) in [5, 5.41) is 11.8. The van der Waals surface area contributed by atoms with E-state index in [1.807, 2.05) is 42.5 Å². The maximum Gasteiger partial charge on any atom is 0.249 e. The molecule has 0 atom stereocenters. The number of hydrogen-bond acceptors (Lipinski definition) is 2. The van der Waals surface area contributed by atoms with Crippen LogP contribution in [-0.2, 0) is 13.2 Å². The van der Waals surface area contributed by atoms with Gasteiger partial charge in [0.1, 0.15) is 0 Å². The largest absolute Gasteiger partial charge is 0.392 e. The van der Waals surface area contributed by atoms with Crippen LogP contribution in [0, 0.1) is 6.07 Å². The molecular weight excluding hydrogens is 348 g/mol. The molecule has 1 aromatic heterocycles. The van der Waals surface area contributed by atoms with Gasteiger partial charge in [-0.25, -0.2) is 0 Å². The van der Waals surface area contributed by atoms with Crippen molar-refractivity contribution in [1.82, 2.24) is 4.57 Å². The first-order valence-electron chi connectivity index (χ1n) is 8.19. The van der Waals surface area contributed by atoms with Crippen molar-refractivity contribution in [2.24, 2.45) is 5.73 Å². The van der Waals surface area contributed by atoms with Gasteiger partial charge in [0, 0.05) is 27.9 Å². The van der Waals surface area contributed by atoms with E-state index in [-0.39, 0.29) is 6.61 Å². The average Bonchev–Trinajstić information content (AvgIpc) is 2.96. The quantitative estimate of drug-likeness (QED) is 0.577. The zero-order valence-electron chi connectivity index (χ0n) is 13.9. The highest BCUT2D eigenvalue weighted by Gasteiger charge is 2.17. The molecule has 1 heterocycles. The van der Waals surface area contributed by atoms with Gasteiger partial charge in [-0.15, -0.1) is 0 Å². The van der Waals surface area contributed by atoms with Crippen LogP contribution in [0.4, 0.5) is 0 Å². The third-order valence-corrected chi connectivity index (χ3v) is 4.81. The van der Waals surface area contributed by atoms with Crippen molar-refractivity contribution in [2.75, 3.05) is 0 Å². The van der Waals surface area contributed by atoms with Crippen molar-refractivity contribution in [1.29, 1.82) is 0 Å². The van der Waals surface area contributed by atoms with Gasteiger partial charge in [0.2, 0.25) is 5.91 Å². The first-order chi connectivity index (χ1) is 12.6. The summed E-state index contributed by atoms with van der Waals surface area (Å²) >= 11 is 5.99. The van der Waals surface area contributed by atoms with E-state index in [9.17, 15) is 9.90 Å². The number of carbonyl (C=O) groups excluding carboxylic acids is 1. The Balaban J connectivity index is 2.03. The van der Waals surface area contributed by atoms with Crippen molar-refractivity contribution < 1.29 is 9.90 Å². The van der Waals surface area contributed by atoms with Crippen LogP contribution >= 0.6 is 11.6 Å². The standard InChI is InChI=1S/C21H16ClN2O2/c22-15-7-4-13(5-8-15)11-24-18-3-1-2-17(21(23)26)20(18)16-9-6-14(12-25)10-19(16)24/h1-8,10,25H,11-12H2,(H2,23,26). The summed E-state index contributed by atoms with van der Waals surface area (Å²) in [6.07, 6.45) is 0. The predicted molar refractivity (Wildman–Crippen MR) is 103 cm³/mol. The average molecular weight is 364 g/mol. The second-order valence-corrected chi connectivity index (χ2v) is 6.64. The van der Waals surface area contributed by atoms with E-state index in [1.54, 1.807) is 12.1 Å². The molecule has 129 valence electrons. The van der Waals surface area contributed by atoms with E-state index in [4.69, 9.17) is 17.3 Å². The van der Waals surface area contributed by atoms with Crippen LogP contribution in [0.2, 0.25) is 5.02 Å². The van der Waals surface area contributed by atoms with Crippen LogP contribution in [-0.4, -0.2) is 15.6 Å². The predicted octanol–water partition coefficient (Wildman–Crippen LogP) is 3.89. The number of fused-ring (bicyclic) bond motifs is 3. The molecule has 3 aromatic carbocycles. The molecule has 26 heavy (non-hydrogen) atoms. The number of aliphatic hydroxyl groups is 1. The maximum absolute atomic E-state index is 11.9. The van der Waals surface area contributed by atoms with Gasteiger partial charge in [-0.3, -0.25) is 4.79 Å². The van der Waals surface area contributed by atoms with Gasteiger partial charge in [-0.1, -0.05) is 29.8 Å². The van der Waals surface area contributed by atoms with E-state index in [0.29, 0.717) is 17.1 Å². The van der Waals surface area contributed by atoms with Gasteiger partial charge in [0.25, 0.3) is 0 Å². The molecule has 0 saturated carbocycles. The molecule has 4 aromatic rings. The molecule has 0 aliphatic heterocycles. The van der Waals surface area contributed by atoms with Crippen molar-refractivity contribution in [2.45, 2.75) is 13.2 Å². The molecule has 1 amide bonds. The number of aromatic nitrogens is 1. The summed E-state index contributed by atoms with van der Waals surface area (Å²) in [6.45, 7) is 0.527. The van der Waals surface area contributed by atoms with Gasteiger partial charge < -0.3 is 15.4 Å². The molecule has 4 nitrogen and oxygen atoms in total. The number of nitrogens with two attached hydrogens (primary N) is 1. The van der Waals surface area contributed by atoms with Crippen LogP contribution in [0.5, 0.6) is 0 Å². The number of amides is 1. The van der Waals surface area contributed by atoms with E-state index in [2.05, 4.69) is 10.6 Å². The smallest absolute Gasteiger partial charge is 0.249 e. The minimum absolute atomic E-state index is 0.0718. The SMILES string of the molecule is NC(=O)c1cccc2c1c1[c]cc(CO)cc1n2Cc1ccc(Cl)cc1. The van der Waals surface area contributed by atoms with E-state index < -0.39 is 5.91 Å². The lowest BCUT2D eigenvalue weighted by molar-refractivity contribution is 0.100. The van der Waals surface area contributed by atoms with Crippen LogP contribution in [0.1, 0.15) is 21.5 Å². The Morgan fingerprint density at radius 1 is 1.12 bits per heavy atom. The Morgan fingerprint density at radius 3 is 2.58 bits per heavy atom. The van der Waals surface area contributed by atoms with Crippen molar-refractivity contribution in [3.63, 3.8) is 0 Å². The number of primary amides is 1. The first kappa shape index (κ1) is 16.6. The lowest BCUT2D eigenvalue weighted by Gasteiger charge is -2.09. The van der Waals surface area contributed by atoms with Crippen LogP contribution in [0.15, 0.2) is 54.6 Å². The number of halogens is 1. The molecular formula is C21H16ClN2O2. The van der Waals surface area contributed by atoms with Gasteiger partial charge in [-0.05, 0) is 53.6 Å². The monoisotopic (exact) mass is 363 g/mol. The normalized spacial score (nSPS) is 11.3. The molecule has 1 radical (unpaired) electrons. The Morgan fingerprint density at radius 2 is 1.88 bits per heavy atom. The Labute approximate surface area is 155 Å². The van der Waals surface area contributed by atoms with Gasteiger partial charge in [0.05, 0.1) is 17.6 Å². The summed E-state index contributed by atoms with van der Waals surface area (Å²) in [6, 6.07) is 20.0. The number of aliphatic hydroxyl groups excluding tert-OH is 1. The molecule has 0 aliphatic carbocycles. The minimum atomic E-state index is -0.472. The molecule has 0 aliphatic rings. The molecule has 5 heteroatoms. The lowest BCUT2D eigenvalue weighted by Crippen LogP contribution is -2.11. The van der Waals surface area contributed by atoms with Crippen LogP contribution in [0.25, 0.3) is 21.8 Å². The highest BCUT2D eigenvalue weighted by molar-refractivity contribution is 6.30. The Hall–Kier alpha value is -2.82. The van der Waals surface area contributed by atoms with Gasteiger partial charge in [-0.2, -0.15) is 0 Å². The summed E-state index contributed by atoms with van der Waals surface area (Å²) in [4.78, 5) is 11.9. The Kier molecular flexibility index (Phi) is 4.15. The van der Waals surface area contributed by atoms with Crippen molar-refractivity contribution in [3.05, 3.63) is 82.4 Å². The fourth-order valence-corrected chi connectivity index (χ4v) is 3.46. The van der Waals surface area contributed by atoms with E-state index in [1.165, 1.54) is 0 Å². The highest BCUT2D eigenvalue weighted by Crippen LogP contribution is 2.32. The molecule has 3 N–H and O–H groups in total. The molecule has 0 bridgehead atoms. The topological polar surface area (TPSA) is 68.2 Å². The number of nitrogens with zero attached hydrogens (tertiary/aromatic N) is 1. The number of carbonyl (C=O) groups is 1. The third-order valence-electron chi connectivity index (χ3n) is 4.56. The van der Waals surface area contributed by atoms with Gasteiger partial charge in [0.15, 0.2) is 0 Å². The fraction of sp³-hybridized carbons (Fsp3) is 0.0952. The molecule has 0 fully saturated rings. The zero-order chi connectivity index (χ0) is 18.3. The molecule has 0 spiro atoms. The van der Waals surface area contributed by atoms with E-state index >= 15 is 0 Å². The second kappa shape index (κ2) is 6.48. The fourth-order valence-electron chi connectivity index (χ4n) is 3.34. The summed E-state index contributed by atoms with van der Waals surface area (Å²) < 4.78 is 2.11. The molecule has 0 unspecified atom stereocenters. The summed E-state index contributed by atoms with van der Waals surface area (Å²) in [5.41, 5.74) is 9.69. The number of hydrogen-bond donors (Lipinski definition) is 2. The van der Waals surface area contributed by atoms with Gasteiger partial charge >= 0.3 is 0 Å². The lowest BCUT2D eigenvalue weighted by atomic mass is 10.0. The molecule has 4 rings (SSSR count). The minimum Gasteiger partial charge on any atom is -0.392 e. The third kappa shape index (κ3) is 2.73. The second-order valence-electron chi connectivity index (χ2n) is 6.20. The summed E-state index contributed by atoms with van der Waals surface area (Å²) in [5.74, 6) is -0.472. The highest BCUT2D eigenvalue weighted by atomic mass is 35.5. The van der Waals surface area contributed by atoms with Crippen molar-refractivity contribution in [3.8, 4) is 0 Å². The molecule has 0 saturated heterocycles. The summed E-state index contributed by atoms with van der Waals surface area (Å²) in [7, 11) is 0. The van der Waals surface area contributed by atoms with Crippen molar-refractivity contribution >= 4 is 39.3 Å². The first-order valence-corrected chi connectivity index (χ1v) is 8.57. The Bertz CT molecular complexity index is 1130.